The first-order valence-electron chi connectivity index (χ1n) is 12.4. The number of nitrogens with zero attached hydrogens (tertiary/aromatic N) is 2. The van der Waals surface area contributed by atoms with Gasteiger partial charge >= 0.3 is 11.9 Å². The van der Waals surface area contributed by atoms with Gasteiger partial charge in [0.25, 0.3) is 5.91 Å². The molecule has 1 aliphatic heterocycles. The maximum Gasteiger partial charge on any atom is 0.328 e. The summed E-state index contributed by atoms with van der Waals surface area (Å²) in [7, 11) is 2.08. The minimum atomic E-state index is -0.993. The molecule has 2 aromatic carbocycles. The van der Waals surface area contributed by atoms with Crippen molar-refractivity contribution in [2.45, 2.75) is 26.3 Å². The summed E-state index contributed by atoms with van der Waals surface area (Å²) in [6.07, 6.45) is 0.198. The molecule has 1 heterocycles. The highest BCUT2D eigenvalue weighted by atomic mass is 35.5. The van der Waals surface area contributed by atoms with E-state index in [0.29, 0.717) is 13.2 Å². The van der Waals surface area contributed by atoms with Crippen molar-refractivity contribution in [1.29, 1.82) is 0 Å². The van der Waals surface area contributed by atoms with Crippen molar-refractivity contribution in [1.82, 2.24) is 15.1 Å². The van der Waals surface area contributed by atoms with Crippen LogP contribution in [0.15, 0.2) is 36.4 Å². The summed E-state index contributed by atoms with van der Waals surface area (Å²) < 4.78 is 16.3. The third kappa shape index (κ3) is 8.33. The highest BCUT2D eigenvalue weighted by molar-refractivity contribution is 6.39. The van der Waals surface area contributed by atoms with Gasteiger partial charge in [-0.1, -0.05) is 53.5 Å². The van der Waals surface area contributed by atoms with Crippen molar-refractivity contribution >= 4 is 41.0 Å². The third-order valence-corrected chi connectivity index (χ3v) is 6.65. The van der Waals surface area contributed by atoms with Crippen LogP contribution in [0, 0.1) is 0 Å². The molecule has 0 spiro atoms. The largest absolute Gasteiger partial charge is 0.489 e. The minimum absolute atomic E-state index is 0.0742. The predicted octanol–water partition coefficient (Wildman–Crippen LogP) is 3.45. The van der Waals surface area contributed by atoms with Gasteiger partial charge in [-0.25, -0.2) is 4.79 Å². The first-order chi connectivity index (χ1) is 18.2. The van der Waals surface area contributed by atoms with Gasteiger partial charge in [0, 0.05) is 46.1 Å². The lowest BCUT2D eigenvalue weighted by molar-refractivity contribution is -0.145. The molecule has 1 atom stereocenters. The Morgan fingerprint density at radius 2 is 1.74 bits per heavy atom. The van der Waals surface area contributed by atoms with Crippen LogP contribution >= 0.6 is 23.2 Å². The fourth-order valence-corrected chi connectivity index (χ4v) is 4.60. The molecule has 9 nitrogen and oxygen atoms in total. The molecule has 0 bridgehead atoms. The fraction of sp³-hybridized carbons (Fsp3) is 0.444. The second-order valence-electron chi connectivity index (χ2n) is 8.93. The number of piperazine rings is 1. The molecule has 0 aliphatic carbocycles. The number of hydrogen-bond acceptors (Lipinski definition) is 8. The monoisotopic (exact) mass is 565 g/mol. The SMILES string of the molecule is CCOC(=O)C(Cc1ccccc1)NC(=O)c1cc(Cl)c(OCCN2CCN(C)CC2)c(Cl)c1OC(C)=O. The van der Waals surface area contributed by atoms with E-state index in [4.69, 9.17) is 37.4 Å². The van der Waals surface area contributed by atoms with Crippen LogP contribution in [0.25, 0.3) is 0 Å². The van der Waals surface area contributed by atoms with E-state index in [-0.39, 0.29) is 40.1 Å². The molecule has 0 radical (unpaired) electrons. The zero-order valence-corrected chi connectivity index (χ0v) is 23.3. The van der Waals surface area contributed by atoms with Crippen LogP contribution in [-0.4, -0.2) is 86.7 Å². The van der Waals surface area contributed by atoms with Crippen LogP contribution in [0.4, 0.5) is 0 Å². The standard InChI is InChI=1S/C27H33Cl2N3O6/c1-4-36-27(35)22(16-19-8-6-5-7-9-19)30-26(34)20-17-21(28)25(23(29)24(20)38-18(2)33)37-15-14-32-12-10-31(3)11-13-32/h5-9,17,22H,4,10-16H2,1-3H3,(H,30,34). The average Bonchev–Trinajstić information content (AvgIpc) is 2.88. The van der Waals surface area contributed by atoms with Crippen molar-refractivity contribution in [2.75, 3.05) is 53.0 Å². The van der Waals surface area contributed by atoms with Gasteiger partial charge in [-0.3, -0.25) is 14.5 Å². The number of rotatable bonds is 11. The van der Waals surface area contributed by atoms with Crippen LogP contribution in [0.2, 0.25) is 10.0 Å². The van der Waals surface area contributed by atoms with Gasteiger partial charge in [0.05, 0.1) is 17.2 Å². The molecule has 1 fully saturated rings. The summed E-state index contributed by atoms with van der Waals surface area (Å²) in [4.78, 5) is 42.4. The number of carbonyl (C=O) groups is 3. The van der Waals surface area contributed by atoms with Crippen LogP contribution in [0.5, 0.6) is 11.5 Å². The quantitative estimate of drug-likeness (QED) is 0.327. The highest BCUT2D eigenvalue weighted by Gasteiger charge is 2.28. The first kappa shape index (κ1) is 29.7. The van der Waals surface area contributed by atoms with Crippen LogP contribution in [0.3, 0.4) is 0 Å². The van der Waals surface area contributed by atoms with E-state index in [0.717, 1.165) is 31.7 Å². The Hall–Kier alpha value is -2.85. The number of hydrogen-bond donors (Lipinski definition) is 1. The van der Waals surface area contributed by atoms with Crippen LogP contribution in [0.1, 0.15) is 29.8 Å². The number of ether oxygens (including phenoxy) is 3. The van der Waals surface area contributed by atoms with E-state index in [2.05, 4.69) is 22.2 Å². The Balaban J connectivity index is 1.81. The van der Waals surface area contributed by atoms with Gasteiger partial charge in [-0.05, 0) is 25.6 Å². The van der Waals surface area contributed by atoms with E-state index in [1.807, 2.05) is 30.3 Å². The molecule has 2 aromatic rings. The van der Waals surface area contributed by atoms with E-state index < -0.39 is 23.9 Å². The molecule has 3 rings (SSSR count). The maximum absolute atomic E-state index is 13.3. The predicted molar refractivity (Wildman–Crippen MR) is 145 cm³/mol. The molecule has 1 N–H and O–H groups in total. The highest BCUT2D eigenvalue weighted by Crippen LogP contribution is 2.43. The summed E-state index contributed by atoms with van der Waals surface area (Å²) in [6, 6.07) is 9.52. The Morgan fingerprint density at radius 1 is 1.05 bits per heavy atom. The Kier molecular flexibility index (Phi) is 11.2. The van der Waals surface area contributed by atoms with Gasteiger partial charge in [0.1, 0.15) is 17.7 Å². The summed E-state index contributed by atoms with van der Waals surface area (Å²) in [5.41, 5.74) is 0.718. The van der Waals surface area contributed by atoms with Crippen LogP contribution < -0.4 is 14.8 Å². The van der Waals surface area contributed by atoms with Crippen LogP contribution in [-0.2, 0) is 20.7 Å². The summed E-state index contributed by atoms with van der Waals surface area (Å²) >= 11 is 13.0. The minimum Gasteiger partial charge on any atom is -0.489 e. The molecule has 1 saturated heterocycles. The molecular formula is C27H33Cl2N3O6. The van der Waals surface area contributed by atoms with Crippen molar-refractivity contribution in [3.05, 3.63) is 57.6 Å². The zero-order valence-electron chi connectivity index (χ0n) is 21.8. The Morgan fingerprint density at radius 3 is 2.37 bits per heavy atom. The Bertz CT molecular complexity index is 1120. The number of halogens is 2. The summed E-state index contributed by atoms with van der Waals surface area (Å²) in [6.45, 7) is 7.77. The molecule has 0 aromatic heterocycles. The molecule has 1 unspecified atom stereocenters. The van der Waals surface area contributed by atoms with E-state index in [1.165, 1.54) is 13.0 Å². The molecule has 1 aliphatic rings. The maximum atomic E-state index is 13.3. The second-order valence-corrected chi connectivity index (χ2v) is 9.72. The van der Waals surface area contributed by atoms with Gasteiger partial charge in [0.15, 0.2) is 11.5 Å². The number of carbonyl (C=O) groups excluding carboxylic acids is 3. The lowest BCUT2D eigenvalue weighted by atomic mass is 10.0. The number of amides is 1. The van der Waals surface area contributed by atoms with Crippen molar-refractivity contribution in [3.8, 4) is 11.5 Å². The number of benzene rings is 2. The second kappa shape index (κ2) is 14.3. The van der Waals surface area contributed by atoms with E-state index in [1.54, 1.807) is 6.92 Å². The van der Waals surface area contributed by atoms with E-state index >= 15 is 0 Å². The number of esters is 2. The molecule has 11 heteroatoms. The lowest BCUT2D eigenvalue weighted by Gasteiger charge is -2.32. The molecule has 206 valence electrons. The molecule has 1 amide bonds. The Labute approximate surface area is 232 Å². The number of likely N-dealkylation sites (N-methyl/N-ethyl adjacent to an activating group) is 1. The fourth-order valence-electron chi connectivity index (χ4n) is 4.00. The van der Waals surface area contributed by atoms with E-state index in [9.17, 15) is 14.4 Å². The molecule has 38 heavy (non-hydrogen) atoms. The molecular weight excluding hydrogens is 533 g/mol. The smallest absolute Gasteiger partial charge is 0.328 e. The topological polar surface area (TPSA) is 97.4 Å². The summed E-state index contributed by atoms with van der Waals surface area (Å²) in [5.74, 6) is -2.07. The van der Waals surface area contributed by atoms with Crippen molar-refractivity contribution in [2.24, 2.45) is 0 Å². The van der Waals surface area contributed by atoms with Crippen molar-refractivity contribution in [3.63, 3.8) is 0 Å². The number of nitrogens with one attached hydrogen (secondary N) is 1. The first-order valence-corrected chi connectivity index (χ1v) is 13.2. The average molecular weight is 566 g/mol. The van der Waals surface area contributed by atoms with Crippen molar-refractivity contribution < 1.29 is 28.6 Å². The molecule has 0 saturated carbocycles. The lowest BCUT2D eigenvalue weighted by Crippen LogP contribution is -2.45. The van der Waals surface area contributed by atoms with Gasteiger partial charge in [0.2, 0.25) is 0 Å². The van der Waals surface area contributed by atoms with Gasteiger partial charge < -0.3 is 24.4 Å². The summed E-state index contributed by atoms with van der Waals surface area (Å²) in [5, 5.41) is 2.64. The van der Waals surface area contributed by atoms with Gasteiger partial charge in [-0.2, -0.15) is 0 Å². The van der Waals surface area contributed by atoms with Gasteiger partial charge in [-0.15, -0.1) is 0 Å². The normalized spacial score (nSPS) is 15.0. The third-order valence-electron chi connectivity index (χ3n) is 6.03. The zero-order chi connectivity index (χ0) is 27.7.